The molecule has 6 nitrogen and oxygen atoms in total. The molecule has 0 spiro atoms. The Morgan fingerprint density at radius 1 is 1.13 bits per heavy atom. The van der Waals surface area contributed by atoms with E-state index in [9.17, 15) is 4.79 Å². The number of fused-ring (bicyclic) bond motifs is 2. The molecule has 0 N–H and O–H groups in total. The van der Waals surface area contributed by atoms with Crippen LogP contribution in [-0.2, 0) is 0 Å². The molecule has 4 aromatic rings. The number of piperazine rings is 1. The molecular weight excluding hydrogens is 400 g/mol. The zero-order valence-electron chi connectivity index (χ0n) is 17.2. The Morgan fingerprint density at radius 2 is 1.90 bits per heavy atom. The predicted molar refractivity (Wildman–Crippen MR) is 121 cm³/mol. The van der Waals surface area contributed by atoms with Gasteiger partial charge in [0.2, 0.25) is 0 Å². The van der Waals surface area contributed by atoms with Crippen LogP contribution in [0.2, 0.25) is 5.02 Å². The number of aromatic nitrogens is 2. The van der Waals surface area contributed by atoms with Crippen molar-refractivity contribution in [3.05, 3.63) is 64.2 Å². The van der Waals surface area contributed by atoms with Gasteiger partial charge in [0.15, 0.2) is 5.65 Å². The number of nitrogens with zero attached hydrogens (tertiary/aromatic N) is 4. The molecule has 154 valence electrons. The Bertz CT molecular complexity index is 1300. The van der Waals surface area contributed by atoms with E-state index in [0.717, 1.165) is 24.2 Å². The summed E-state index contributed by atoms with van der Waals surface area (Å²) in [7, 11) is 2.17. The molecule has 1 aliphatic rings. The van der Waals surface area contributed by atoms with Gasteiger partial charge in [0.1, 0.15) is 5.58 Å². The first-order valence-electron chi connectivity index (χ1n) is 10.1. The van der Waals surface area contributed by atoms with E-state index in [0.29, 0.717) is 39.6 Å². The van der Waals surface area contributed by atoms with Crippen molar-refractivity contribution in [2.24, 2.45) is 0 Å². The average molecular weight is 423 g/mol. The van der Waals surface area contributed by atoms with Crippen molar-refractivity contribution in [1.82, 2.24) is 14.3 Å². The average Bonchev–Trinajstić information content (AvgIpc) is 3.16. The molecule has 30 heavy (non-hydrogen) atoms. The summed E-state index contributed by atoms with van der Waals surface area (Å²) in [6.45, 7) is 6.35. The second kappa shape index (κ2) is 7.15. The lowest BCUT2D eigenvalue weighted by atomic mass is 10.1. The minimum atomic E-state index is -0.403. The molecule has 0 bridgehead atoms. The summed E-state index contributed by atoms with van der Waals surface area (Å²) in [6, 6.07) is 12.4. The normalized spacial score (nSPS) is 20.3. The fraction of sp³-hybridized carbons (Fsp3) is 0.304. The van der Waals surface area contributed by atoms with E-state index >= 15 is 0 Å². The molecule has 0 amide bonds. The minimum absolute atomic E-state index is 0.403. The van der Waals surface area contributed by atoms with Crippen LogP contribution in [0.1, 0.15) is 13.8 Å². The maximum absolute atomic E-state index is 12.8. The molecule has 5 rings (SSSR count). The van der Waals surface area contributed by atoms with E-state index in [2.05, 4.69) is 41.7 Å². The molecule has 1 aromatic carbocycles. The highest BCUT2D eigenvalue weighted by atomic mass is 35.5. The van der Waals surface area contributed by atoms with Crippen molar-refractivity contribution in [1.29, 1.82) is 0 Å². The first-order valence-corrected chi connectivity index (χ1v) is 10.5. The van der Waals surface area contributed by atoms with E-state index in [1.807, 2.05) is 30.5 Å². The van der Waals surface area contributed by atoms with Gasteiger partial charge in [-0.05, 0) is 51.2 Å². The molecule has 4 heterocycles. The Morgan fingerprint density at radius 3 is 2.63 bits per heavy atom. The molecule has 1 fully saturated rings. The zero-order valence-corrected chi connectivity index (χ0v) is 17.9. The van der Waals surface area contributed by atoms with Gasteiger partial charge in [-0.25, -0.2) is 9.78 Å². The molecule has 1 saturated heterocycles. The number of imidazole rings is 1. The standard InChI is InChI=1S/C23H23ClN4O2/c1-14-11-28(12-15(2)26(14)3)17-7-6-16-9-18(23(29)30-21(16)10-17)20-13-27-8-4-5-19(24)22(27)25-20/h4-10,13-15H,11-12H2,1-3H3. The number of benzene rings is 1. The molecule has 1 aliphatic heterocycles. The number of rotatable bonds is 2. The van der Waals surface area contributed by atoms with Crippen LogP contribution in [0.25, 0.3) is 27.9 Å². The lowest BCUT2D eigenvalue weighted by Gasteiger charge is -2.43. The minimum Gasteiger partial charge on any atom is -0.422 e. The summed E-state index contributed by atoms with van der Waals surface area (Å²) in [6.07, 6.45) is 3.64. The molecule has 0 aliphatic carbocycles. The van der Waals surface area contributed by atoms with Crippen molar-refractivity contribution < 1.29 is 4.42 Å². The fourth-order valence-electron chi connectivity index (χ4n) is 4.20. The Balaban J connectivity index is 1.54. The number of likely N-dealkylation sites (N-methyl/N-ethyl adjacent to an activating group) is 1. The van der Waals surface area contributed by atoms with Crippen LogP contribution in [0, 0.1) is 0 Å². The van der Waals surface area contributed by atoms with E-state index in [1.54, 1.807) is 16.7 Å². The van der Waals surface area contributed by atoms with Gasteiger partial charge in [-0.3, -0.25) is 4.90 Å². The number of anilines is 1. The van der Waals surface area contributed by atoms with Crippen molar-refractivity contribution in [2.75, 3.05) is 25.0 Å². The van der Waals surface area contributed by atoms with Crippen LogP contribution in [0.5, 0.6) is 0 Å². The van der Waals surface area contributed by atoms with Crippen LogP contribution in [0.15, 0.2) is 58.0 Å². The number of hydrogen-bond donors (Lipinski definition) is 0. The Hall–Kier alpha value is -2.83. The summed E-state index contributed by atoms with van der Waals surface area (Å²) in [5, 5.41) is 1.40. The van der Waals surface area contributed by atoms with E-state index in [1.165, 1.54) is 0 Å². The van der Waals surface area contributed by atoms with Crippen molar-refractivity contribution in [2.45, 2.75) is 25.9 Å². The highest BCUT2D eigenvalue weighted by molar-refractivity contribution is 6.33. The molecule has 3 aromatic heterocycles. The highest BCUT2D eigenvalue weighted by Crippen LogP contribution is 2.28. The number of hydrogen-bond acceptors (Lipinski definition) is 5. The monoisotopic (exact) mass is 422 g/mol. The van der Waals surface area contributed by atoms with Gasteiger partial charge < -0.3 is 13.7 Å². The van der Waals surface area contributed by atoms with Crippen LogP contribution < -0.4 is 10.5 Å². The fourth-order valence-corrected chi connectivity index (χ4v) is 4.41. The van der Waals surface area contributed by atoms with Gasteiger partial charge in [0.05, 0.1) is 16.3 Å². The van der Waals surface area contributed by atoms with E-state index < -0.39 is 5.63 Å². The van der Waals surface area contributed by atoms with Crippen LogP contribution in [-0.4, -0.2) is 46.5 Å². The quantitative estimate of drug-likeness (QED) is 0.451. The third-order valence-electron chi connectivity index (χ3n) is 6.16. The first-order chi connectivity index (χ1) is 14.4. The molecule has 2 atom stereocenters. The molecule has 0 saturated carbocycles. The smallest absolute Gasteiger partial charge is 0.345 e. The number of pyridine rings is 1. The summed E-state index contributed by atoms with van der Waals surface area (Å²) < 4.78 is 7.51. The second-order valence-electron chi connectivity index (χ2n) is 8.15. The largest absolute Gasteiger partial charge is 0.422 e. The predicted octanol–water partition coefficient (Wildman–Crippen LogP) is 4.29. The van der Waals surface area contributed by atoms with Crippen LogP contribution in [0.3, 0.4) is 0 Å². The zero-order chi connectivity index (χ0) is 21.0. The lowest BCUT2D eigenvalue weighted by Crippen LogP contribution is -2.55. The molecule has 0 radical (unpaired) electrons. The maximum atomic E-state index is 12.8. The van der Waals surface area contributed by atoms with Gasteiger partial charge in [0.25, 0.3) is 0 Å². The van der Waals surface area contributed by atoms with Crippen molar-refractivity contribution in [3.8, 4) is 11.3 Å². The SMILES string of the molecule is CC1CN(c2ccc3cc(-c4cn5cccc(Cl)c5n4)c(=O)oc3c2)CC(C)N1C. The second-order valence-corrected chi connectivity index (χ2v) is 8.56. The van der Waals surface area contributed by atoms with Crippen LogP contribution >= 0.6 is 11.6 Å². The summed E-state index contributed by atoms with van der Waals surface area (Å²) in [5.74, 6) is 0. The molecule has 7 heteroatoms. The van der Waals surface area contributed by atoms with Gasteiger partial charge >= 0.3 is 5.63 Å². The maximum Gasteiger partial charge on any atom is 0.345 e. The van der Waals surface area contributed by atoms with Crippen LogP contribution in [0.4, 0.5) is 5.69 Å². The molecular formula is C23H23ClN4O2. The summed E-state index contributed by atoms with van der Waals surface area (Å²) in [5.41, 5.74) is 2.84. The van der Waals surface area contributed by atoms with Gasteiger partial charge in [-0.2, -0.15) is 0 Å². The van der Waals surface area contributed by atoms with Gasteiger partial charge in [0, 0.05) is 54.7 Å². The first kappa shape index (κ1) is 19.2. The third kappa shape index (κ3) is 3.16. The number of halogens is 1. The summed E-state index contributed by atoms with van der Waals surface area (Å²) >= 11 is 6.22. The topological polar surface area (TPSA) is 54.0 Å². The van der Waals surface area contributed by atoms with Crippen molar-refractivity contribution in [3.63, 3.8) is 0 Å². The highest BCUT2D eigenvalue weighted by Gasteiger charge is 2.26. The van der Waals surface area contributed by atoms with Gasteiger partial charge in [-0.15, -0.1) is 0 Å². The van der Waals surface area contributed by atoms with E-state index in [4.69, 9.17) is 16.0 Å². The summed E-state index contributed by atoms with van der Waals surface area (Å²) in [4.78, 5) is 22.0. The van der Waals surface area contributed by atoms with E-state index in [-0.39, 0.29) is 0 Å². The lowest BCUT2D eigenvalue weighted by molar-refractivity contribution is 0.170. The Kier molecular flexibility index (Phi) is 4.56. The molecule has 2 unspecified atom stereocenters. The Labute approximate surface area is 179 Å². The van der Waals surface area contributed by atoms with Crippen molar-refractivity contribution >= 4 is 33.9 Å². The third-order valence-corrected chi connectivity index (χ3v) is 6.45. The van der Waals surface area contributed by atoms with Gasteiger partial charge in [-0.1, -0.05) is 11.6 Å².